The van der Waals surface area contributed by atoms with E-state index in [-0.39, 0.29) is 0 Å². The van der Waals surface area contributed by atoms with E-state index in [1.165, 1.54) is 11.4 Å². The number of aliphatic imine (C=N–C) groups is 1. The predicted octanol–water partition coefficient (Wildman–Crippen LogP) is 2.03. The summed E-state index contributed by atoms with van der Waals surface area (Å²) >= 11 is 1.81. The molecule has 140 valence electrons. The molecule has 0 aromatic carbocycles. The fourth-order valence-corrected chi connectivity index (χ4v) is 4.07. The van der Waals surface area contributed by atoms with Crippen molar-refractivity contribution in [2.75, 3.05) is 64.5 Å². The molecular formula is C18H30N4O2S. The van der Waals surface area contributed by atoms with E-state index >= 15 is 0 Å². The number of anilines is 1. The van der Waals surface area contributed by atoms with Crippen LogP contribution >= 0.6 is 11.3 Å². The highest BCUT2D eigenvalue weighted by Crippen LogP contribution is 2.22. The molecule has 1 aromatic heterocycles. The Balaban J connectivity index is 1.29. The van der Waals surface area contributed by atoms with Crippen LogP contribution in [0.5, 0.6) is 0 Å². The summed E-state index contributed by atoms with van der Waals surface area (Å²) in [4.78, 5) is 9.23. The number of thiophene rings is 1. The topological polar surface area (TPSA) is 49.3 Å². The number of rotatable bonds is 7. The minimum atomic E-state index is 0.320. The largest absolute Gasteiger partial charge is 0.379 e. The molecule has 3 heterocycles. The Morgan fingerprint density at radius 1 is 1.40 bits per heavy atom. The zero-order valence-corrected chi connectivity index (χ0v) is 16.0. The van der Waals surface area contributed by atoms with Crippen LogP contribution in [-0.2, 0) is 9.47 Å². The van der Waals surface area contributed by atoms with Gasteiger partial charge in [0, 0.05) is 53.0 Å². The van der Waals surface area contributed by atoms with Gasteiger partial charge in [-0.1, -0.05) is 0 Å². The lowest BCUT2D eigenvalue weighted by Gasteiger charge is -2.37. The Kier molecular flexibility index (Phi) is 7.38. The summed E-state index contributed by atoms with van der Waals surface area (Å²) in [5.41, 5.74) is 0. The molecule has 2 aliphatic rings. The third kappa shape index (κ3) is 5.59. The van der Waals surface area contributed by atoms with E-state index in [4.69, 9.17) is 9.47 Å². The van der Waals surface area contributed by atoms with E-state index < -0.39 is 0 Å². The highest BCUT2D eigenvalue weighted by Gasteiger charge is 2.20. The first-order valence-electron chi connectivity index (χ1n) is 9.30. The van der Waals surface area contributed by atoms with Gasteiger partial charge in [-0.2, -0.15) is 0 Å². The van der Waals surface area contributed by atoms with Crippen molar-refractivity contribution < 1.29 is 9.47 Å². The van der Waals surface area contributed by atoms with Crippen LogP contribution < -0.4 is 10.2 Å². The highest BCUT2D eigenvalue weighted by molar-refractivity contribution is 7.14. The van der Waals surface area contributed by atoms with Crippen molar-refractivity contribution in [1.82, 2.24) is 10.2 Å². The molecule has 25 heavy (non-hydrogen) atoms. The molecule has 0 radical (unpaired) electrons. The first-order valence-corrected chi connectivity index (χ1v) is 10.2. The van der Waals surface area contributed by atoms with E-state index in [1.54, 1.807) is 0 Å². The molecular weight excluding hydrogens is 336 g/mol. The maximum atomic E-state index is 5.71. The van der Waals surface area contributed by atoms with Crippen LogP contribution in [0.4, 0.5) is 5.00 Å². The minimum absolute atomic E-state index is 0.320. The first kappa shape index (κ1) is 18.5. The first-order chi connectivity index (χ1) is 12.4. The summed E-state index contributed by atoms with van der Waals surface area (Å²) < 4.78 is 11.3. The van der Waals surface area contributed by atoms with E-state index in [9.17, 15) is 0 Å². The van der Waals surface area contributed by atoms with E-state index in [2.05, 4.69) is 37.6 Å². The molecule has 2 saturated heterocycles. The summed E-state index contributed by atoms with van der Waals surface area (Å²) in [6.07, 6.45) is 3.62. The summed E-state index contributed by atoms with van der Waals surface area (Å²) in [7, 11) is 1.86. The molecule has 3 rings (SSSR count). The summed E-state index contributed by atoms with van der Waals surface area (Å²) in [6, 6.07) is 4.32. The Bertz CT molecular complexity index is 509. The van der Waals surface area contributed by atoms with Crippen LogP contribution in [-0.4, -0.2) is 76.6 Å². The predicted molar refractivity (Wildman–Crippen MR) is 104 cm³/mol. The lowest BCUT2D eigenvalue weighted by Crippen LogP contribution is -2.52. The Hall–Kier alpha value is -1.31. The average Bonchev–Trinajstić information content (AvgIpc) is 3.35. The summed E-state index contributed by atoms with van der Waals surface area (Å²) in [5.74, 6) is 1.00. The van der Waals surface area contributed by atoms with Crippen molar-refractivity contribution in [2.24, 2.45) is 4.99 Å². The molecule has 0 aliphatic carbocycles. The second-order valence-electron chi connectivity index (χ2n) is 6.46. The number of guanidine groups is 1. The normalized spacial score (nSPS) is 21.8. The van der Waals surface area contributed by atoms with Gasteiger partial charge >= 0.3 is 0 Å². The van der Waals surface area contributed by atoms with Gasteiger partial charge in [0.1, 0.15) is 0 Å². The van der Waals surface area contributed by atoms with E-state index in [1.807, 2.05) is 18.4 Å². The monoisotopic (exact) mass is 366 g/mol. The molecule has 1 atom stereocenters. The lowest BCUT2D eigenvalue weighted by atomic mass is 10.2. The van der Waals surface area contributed by atoms with Gasteiger partial charge in [0.05, 0.1) is 17.7 Å². The Morgan fingerprint density at radius 2 is 2.28 bits per heavy atom. The second kappa shape index (κ2) is 9.99. The fourth-order valence-electron chi connectivity index (χ4n) is 3.29. The number of piperazine rings is 1. The lowest BCUT2D eigenvalue weighted by molar-refractivity contribution is 0.0168. The second-order valence-corrected chi connectivity index (χ2v) is 7.39. The molecule has 2 fully saturated rings. The van der Waals surface area contributed by atoms with Crippen molar-refractivity contribution >= 4 is 22.3 Å². The molecule has 0 bridgehead atoms. The van der Waals surface area contributed by atoms with Crippen molar-refractivity contribution in [3.05, 3.63) is 17.5 Å². The number of ether oxygens (including phenoxy) is 2. The number of nitrogens with zero attached hydrogens (tertiary/aromatic N) is 3. The SMILES string of the molecule is CN=C(NCCCOCC1CCCO1)N1CCN(c2cccs2)CC1. The van der Waals surface area contributed by atoms with Crippen molar-refractivity contribution in [3.63, 3.8) is 0 Å². The van der Waals surface area contributed by atoms with Gasteiger partial charge in [0.2, 0.25) is 0 Å². The molecule has 0 saturated carbocycles. The minimum Gasteiger partial charge on any atom is -0.379 e. The van der Waals surface area contributed by atoms with Crippen LogP contribution in [0.15, 0.2) is 22.5 Å². The smallest absolute Gasteiger partial charge is 0.193 e. The molecule has 0 amide bonds. The molecule has 7 heteroatoms. The maximum absolute atomic E-state index is 5.71. The van der Waals surface area contributed by atoms with Crippen LogP contribution in [0.2, 0.25) is 0 Å². The van der Waals surface area contributed by atoms with Gasteiger partial charge in [-0.3, -0.25) is 4.99 Å². The van der Waals surface area contributed by atoms with E-state index in [0.29, 0.717) is 6.10 Å². The van der Waals surface area contributed by atoms with Gasteiger partial charge in [0.15, 0.2) is 5.96 Å². The van der Waals surface area contributed by atoms with Crippen molar-refractivity contribution in [3.8, 4) is 0 Å². The molecule has 1 aromatic rings. The Labute approximate surface area is 154 Å². The zero-order valence-electron chi connectivity index (χ0n) is 15.2. The number of hydrogen-bond acceptors (Lipinski definition) is 5. The van der Waals surface area contributed by atoms with Gasteiger partial charge in [0.25, 0.3) is 0 Å². The third-order valence-corrected chi connectivity index (χ3v) is 5.61. The summed E-state index contributed by atoms with van der Waals surface area (Å²) in [6.45, 7) is 7.40. The van der Waals surface area contributed by atoms with Gasteiger partial charge in [-0.25, -0.2) is 0 Å². The quantitative estimate of drug-likeness (QED) is 0.455. The van der Waals surface area contributed by atoms with Gasteiger partial charge in [-0.05, 0) is 36.8 Å². The zero-order chi connectivity index (χ0) is 17.3. The highest BCUT2D eigenvalue weighted by atomic mass is 32.1. The standard InChI is InChI=1S/C18H30N4O2S/c1-19-18(20-7-4-12-23-15-16-5-2-13-24-16)22-10-8-21(9-11-22)17-6-3-14-25-17/h3,6,14,16H,2,4-5,7-13,15H2,1H3,(H,19,20). The number of nitrogens with one attached hydrogen (secondary N) is 1. The van der Waals surface area contributed by atoms with Crippen LogP contribution in [0.25, 0.3) is 0 Å². The molecule has 2 aliphatic heterocycles. The third-order valence-electron chi connectivity index (χ3n) is 4.69. The maximum Gasteiger partial charge on any atom is 0.193 e. The molecule has 6 nitrogen and oxygen atoms in total. The summed E-state index contributed by atoms with van der Waals surface area (Å²) in [5, 5.41) is 6.97. The Morgan fingerprint density at radius 3 is 2.96 bits per heavy atom. The molecule has 1 N–H and O–H groups in total. The van der Waals surface area contributed by atoms with E-state index in [0.717, 1.165) is 71.3 Å². The van der Waals surface area contributed by atoms with Gasteiger partial charge in [-0.15, -0.1) is 11.3 Å². The fraction of sp³-hybridized carbons (Fsp3) is 0.722. The van der Waals surface area contributed by atoms with Crippen molar-refractivity contribution in [1.29, 1.82) is 0 Å². The average molecular weight is 367 g/mol. The van der Waals surface area contributed by atoms with Gasteiger partial charge < -0.3 is 24.6 Å². The van der Waals surface area contributed by atoms with Crippen molar-refractivity contribution in [2.45, 2.75) is 25.4 Å². The van der Waals surface area contributed by atoms with Crippen LogP contribution in [0.3, 0.4) is 0 Å². The number of hydrogen-bond donors (Lipinski definition) is 1. The molecule has 0 spiro atoms. The van der Waals surface area contributed by atoms with Crippen LogP contribution in [0.1, 0.15) is 19.3 Å². The van der Waals surface area contributed by atoms with Crippen LogP contribution in [0, 0.1) is 0 Å². The molecule has 1 unspecified atom stereocenters.